The zero-order valence-electron chi connectivity index (χ0n) is 12.3. The Morgan fingerprint density at radius 1 is 0.455 bits per heavy atom. The average molecular weight is 280 g/mol. The summed E-state index contributed by atoms with van der Waals surface area (Å²) in [5.41, 5.74) is 0. The van der Waals surface area contributed by atoms with Crippen LogP contribution in [0.5, 0.6) is 0 Å². The van der Waals surface area contributed by atoms with Crippen LogP contribution in [0, 0.1) is 10.4 Å². The van der Waals surface area contributed by atoms with Crippen LogP contribution in [0.25, 0.3) is 34.7 Å². The lowest BCUT2D eigenvalue weighted by Gasteiger charge is -2.04. The van der Waals surface area contributed by atoms with Crippen molar-refractivity contribution in [3.63, 3.8) is 0 Å². The lowest BCUT2D eigenvalue weighted by molar-refractivity contribution is 1.48. The van der Waals surface area contributed by atoms with Gasteiger partial charge in [0.1, 0.15) is 0 Å². The SMILES string of the molecule is C=c1ccc2ccccc2c1=c1c(=C)ccc2ccccc12. The second-order valence-corrected chi connectivity index (χ2v) is 5.64. The molecule has 0 nitrogen and oxygen atoms in total. The van der Waals surface area contributed by atoms with Crippen LogP contribution >= 0.6 is 0 Å². The molecule has 0 bridgehead atoms. The molecule has 0 heterocycles. The molecule has 0 N–H and O–H groups in total. The van der Waals surface area contributed by atoms with E-state index >= 15 is 0 Å². The van der Waals surface area contributed by atoms with Crippen LogP contribution in [0.1, 0.15) is 0 Å². The molecule has 0 aliphatic rings. The third kappa shape index (κ3) is 1.85. The molecule has 0 amide bonds. The number of benzene rings is 4. The maximum absolute atomic E-state index is 4.27. The van der Waals surface area contributed by atoms with E-state index in [-0.39, 0.29) is 0 Å². The largest absolute Gasteiger partial charge is 0.0911 e. The summed E-state index contributed by atoms with van der Waals surface area (Å²) in [5, 5.41) is 9.40. The molecule has 0 saturated carbocycles. The summed E-state index contributed by atoms with van der Waals surface area (Å²) < 4.78 is 0. The normalized spacial score (nSPS) is 12.7. The summed E-state index contributed by atoms with van der Waals surface area (Å²) in [6.45, 7) is 8.53. The second-order valence-electron chi connectivity index (χ2n) is 5.64. The molecule has 0 aliphatic heterocycles. The molecule has 0 aromatic heterocycles. The molecule has 4 aromatic rings. The average Bonchev–Trinajstić information content (AvgIpc) is 2.56. The molecule has 0 saturated heterocycles. The zero-order valence-corrected chi connectivity index (χ0v) is 12.3. The molecule has 0 radical (unpaired) electrons. The van der Waals surface area contributed by atoms with Crippen LogP contribution in [0.15, 0.2) is 72.8 Å². The molecule has 0 heteroatoms. The number of rotatable bonds is 0. The molecule has 0 unspecified atom stereocenters. The van der Waals surface area contributed by atoms with Crippen molar-refractivity contribution >= 4 is 34.7 Å². The van der Waals surface area contributed by atoms with E-state index in [1.54, 1.807) is 0 Å². The summed E-state index contributed by atoms with van der Waals surface area (Å²) in [7, 11) is 0. The minimum atomic E-state index is 1.04. The van der Waals surface area contributed by atoms with E-state index in [1.807, 2.05) is 0 Å². The van der Waals surface area contributed by atoms with Gasteiger partial charge >= 0.3 is 0 Å². The van der Waals surface area contributed by atoms with E-state index in [0.717, 1.165) is 10.4 Å². The van der Waals surface area contributed by atoms with Gasteiger partial charge < -0.3 is 0 Å². The van der Waals surface area contributed by atoms with Gasteiger partial charge in [0.15, 0.2) is 0 Å². The highest BCUT2D eigenvalue weighted by Crippen LogP contribution is 2.16. The van der Waals surface area contributed by atoms with Crippen molar-refractivity contribution in [2.24, 2.45) is 0 Å². The first-order chi connectivity index (χ1) is 10.8. The van der Waals surface area contributed by atoms with Gasteiger partial charge in [-0.25, -0.2) is 0 Å². The molecule has 0 spiro atoms. The van der Waals surface area contributed by atoms with Crippen LogP contribution in [0.4, 0.5) is 0 Å². The molecule has 0 aliphatic carbocycles. The van der Waals surface area contributed by atoms with Crippen molar-refractivity contribution in [1.29, 1.82) is 0 Å². The minimum absolute atomic E-state index is 1.04. The first-order valence-corrected chi connectivity index (χ1v) is 7.43. The van der Waals surface area contributed by atoms with E-state index < -0.39 is 0 Å². The number of fused-ring (bicyclic) bond motifs is 2. The Labute approximate surface area is 129 Å². The van der Waals surface area contributed by atoms with Gasteiger partial charge in [0.05, 0.1) is 0 Å². The summed E-state index contributed by atoms with van der Waals surface area (Å²) in [6.07, 6.45) is 0. The van der Waals surface area contributed by atoms with Crippen LogP contribution < -0.4 is 10.4 Å². The molecule has 104 valence electrons. The van der Waals surface area contributed by atoms with Gasteiger partial charge in [0, 0.05) is 0 Å². The van der Waals surface area contributed by atoms with Gasteiger partial charge in [-0.15, -0.1) is 0 Å². The highest BCUT2D eigenvalue weighted by molar-refractivity contribution is 5.87. The zero-order chi connectivity index (χ0) is 15.1. The smallest absolute Gasteiger partial charge is 0.00267 e. The predicted molar refractivity (Wildman–Crippen MR) is 95.9 cm³/mol. The highest BCUT2D eigenvalue weighted by Gasteiger charge is 2.00. The maximum Gasteiger partial charge on any atom is -0.00267 e. The van der Waals surface area contributed by atoms with Gasteiger partial charge in [-0.3, -0.25) is 0 Å². The highest BCUT2D eigenvalue weighted by atomic mass is 14.0. The van der Waals surface area contributed by atoms with Crippen molar-refractivity contribution in [1.82, 2.24) is 0 Å². The fraction of sp³-hybridized carbons (Fsp3) is 0. The summed E-state index contributed by atoms with van der Waals surface area (Å²) >= 11 is 0. The third-order valence-corrected chi connectivity index (χ3v) is 4.28. The van der Waals surface area contributed by atoms with E-state index in [1.165, 1.54) is 32.0 Å². The Morgan fingerprint density at radius 3 is 1.32 bits per heavy atom. The van der Waals surface area contributed by atoms with Crippen molar-refractivity contribution in [3.05, 3.63) is 93.7 Å². The fourth-order valence-corrected chi connectivity index (χ4v) is 3.22. The van der Waals surface area contributed by atoms with Crippen molar-refractivity contribution in [3.8, 4) is 0 Å². The lowest BCUT2D eigenvalue weighted by Crippen LogP contribution is -2.08. The van der Waals surface area contributed by atoms with Gasteiger partial charge in [-0.1, -0.05) is 86.0 Å². The first-order valence-electron chi connectivity index (χ1n) is 7.43. The Kier molecular flexibility index (Phi) is 2.83. The molecule has 0 fully saturated rings. The topological polar surface area (TPSA) is 0 Å². The van der Waals surface area contributed by atoms with Crippen LogP contribution in [-0.2, 0) is 0 Å². The molecule has 4 aromatic carbocycles. The van der Waals surface area contributed by atoms with E-state index in [4.69, 9.17) is 0 Å². The number of hydrogen-bond donors (Lipinski definition) is 0. The van der Waals surface area contributed by atoms with Gasteiger partial charge in [0.25, 0.3) is 0 Å². The van der Waals surface area contributed by atoms with Crippen LogP contribution in [0.3, 0.4) is 0 Å². The Bertz CT molecular complexity index is 1100. The lowest BCUT2D eigenvalue weighted by atomic mass is 10.0. The number of hydrogen-bond acceptors (Lipinski definition) is 0. The molecule has 4 rings (SSSR count). The third-order valence-electron chi connectivity index (χ3n) is 4.28. The van der Waals surface area contributed by atoms with Gasteiger partial charge in [0.2, 0.25) is 0 Å². The monoisotopic (exact) mass is 280 g/mol. The summed E-state index contributed by atoms with van der Waals surface area (Å²) in [5.74, 6) is 0. The molecule has 0 atom stereocenters. The minimum Gasteiger partial charge on any atom is -0.0911 e. The van der Waals surface area contributed by atoms with Gasteiger partial charge in [-0.05, 0) is 42.4 Å². The first kappa shape index (κ1) is 12.8. The maximum atomic E-state index is 4.27. The van der Waals surface area contributed by atoms with Crippen LogP contribution in [0.2, 0.25) is 0 Å². The van der Waals surface area contributed by atoms with Crippen LogP contribution in [-0.4, -0.2) is 0 Å². The molecule has 22 heavy (non-hydrogen) atoms. The van der Waals surface area contributed by atoms with Crippen molar-refractivity contribution in [2.45, 2.75) is 0 Å². The molecular weight excluding hydrogens is 264 g/mol. The van der Waals surface area contributed by atoms with Crippen molar-refractivity contribution < 1.29 is 0 Å². The summed E-state index contributed by atoms with van der Waals surface area (Å²) in [4.78, 5) is 0. The molecular formula is C22H16. The Hall–Kier alpha value is -2.86. The Balaban J connectivity index is 2.52. The predicted octanol–water partition coefficient (Wildman–Crippen LogP) is 4.10. The fourth-order valence-electron chi connectivity index (χ4n) is 3.22. The van der Waals surface area contributed by atoms with E-state index in [2.05, 4.69) is 86.0 Å². The summed E-state index contributed by atoms with van der Waals surface area (Å²) in [6, 6.07) is 25.4. The van der Waals surface area contributed by atoms with Gasteiger partial charge in [-0.2, -0.15) is 0 Å². The second kappa shape index (κ2) is 4.85. The van der Waals surface area contributed by atoms with Crippen molar-refractivity contribution in [2.75, 3.05) is 0 Å². The Morgan fingerprint density at radius 2 is 0.864 bits per heavy atom. The van der Waals surface area contributed by atoms with E-state index in [9.17, 15) is 0 Å². The van der Waals surface area contributed by atoms with E-state index in [0.29, 0.717) is 0 Å². The quantitative estimate of drug-likeness (QED) is 0.455. The standard InChI is InChI=1S/C22H16/c1-15-11-13-17-7-3-5-9-19(17)21(15)22-16(2)12-14-18-8-4-6-10-20(18)22/h3-14H,1-2H2.